The molecule has 1 saturated heterocycles. The van der Waals surface area contributed by atoms with Gasteiger partial charge in [-0.3, -0.25) is 19.4 Å². The number of benzene rings is 1. The van der Waals surface area contributed by atoms with Gasteiger partial charge in [0, 0.05) is 18.8 Å². The molecule has 3 amide bonds. The fraction of sp³-hybridized carbons (Fsp3) is 0.629. The third-order valence-electron chi connectivity index (χ3n) is 10.4. The van der Waals surface area contributed by atoms with Crippen LogP contribution in [0.3, 0.4) is 0 Å². The van der Waals surface area contributed by atoms with Gasteiger partial charge in [-0.15, -0.1) is 0 Å². The van der Waals surface area contributed by atoms with Crippen molar-refractivity contribution in [1.82, 2.24) is 25.9 Å². The van der Waals surface area contributed by atoms with Gasteiger partial charge in [0.2, 0.25) is 11.8 Å². The van der Waals surface area contributed by atoms with E-state index in [0.717, 1.165) is 18.4 Å². The van der Waals surface area contributed by atoms with Crippen molar-refractivity contribution in [2.75, 3.05) is 0 Å². The summed E-state index contributed by atoms with van der Waals surface area (Å²) in [4.78, 5) is 49.0. The van der Waals surface area contributed by atoms with Crippen molar-refractivity contribution < 1.29 is 23.7 Å². The molecule has 0 radical (unpaired) electrons. The van der Waals surface area contributed by atoms with Gasteiger partial charge in [0.05, 0.1) is 23.8 Å². The minimum absolute atomic E-state index is 0.00339. The molecule has 46 heavy (non-hydrogen) atoms. The van der Waals surface area contributed by atoms with Gasteiger partial charge in [0.1, 0.15) is 17.8 Å². The topological polar surface area (TPSA) is 132 Å². The molecule has 1 aromatic carbocycles. The lowest BCUT2D eigenvalue weighted by Crippen LogP contribution is -2.65. The van der Waals surface area contributed by atoms with Crippen LogP contribution < -0.4 is 16.0 Å². The summed E-state index contributed by atoms with van der Waals surface area (Å²) in [6, 6.07) is 7.69. The van der Waals surface area contributed by atoms with Gasteiger partial charge in [0.25, 0.3) is 5.91 Å². The van der Waals surface area contributed by atoms with Crippen molar-refractivity contribution in [3.05, 3.63) is 60.2 Å². The Morgan fingerprint density at radius 3 is 2.24 bits per heavy atom. The molecule has 2 bridgehead atoms. The predicted molar refractivity (Wildman–Crippen MR) is 176 cm³/mol. The molecule has 4 aliphatic rings. The van der Waals surface area contributed by atoms with E-state index in [9.17, 15) is 14.4 Å². The Kier molecular flexibility index (Phi) is 10.2. The monoisotopic (exact) mass is 631 g/mol. The molecular formula is C35H50BN5O5. The summed E-state index contributed by atoms with van der Waals surface area (Å²) in [6.45, 7) is 15.1. The predicted octanol–water partition coefficient (Wildman–Crippen LogP) is 4.15. The number of nitrogens with zero attached hydrogens (tertiary/aromatic N) is 2. The molecule has 11 heteroatoms. The van der Waals surface area contributed by atoms with Crippen LogP contribution in [0, 0.1) is 29.1 Å². The molecule has 0 unspecified atom stereocenters. The zero-order valence-corrected chi connectivity index (χ0v) is 28.3. The Morgan fingerprint density at radius 2 is 1.61 bits per heavy atom. The highest BCUT2D eigenvalue weighted by atomic mass is 16.7. The maximum absolute atomic E-state index is 14.0. The first-order chi connectivity index (χ1) is 21.8. The molecule has 2 aromatic rings. The Morgan fingerprint density at radius 1 is 0.913 bits per heavy atom. The second-order valence-corrected chi connectivity index (χ2v) is 15.1. The molecule has 2 heterocycles. The van der Waals surface area contributed by atoms with Gasteiger partial charge in [-0.25, -0.2) is 4.98 Å². The van der Waals surface area contributed by atoms with E-state index < -0.39 is 31.0 Å². The quantitative estimate of drug-likeness (QED) is 0.283. The maximum atomic E-state index is 14.0. The average molecular weight is 632 g/mol. The molecular weight excluding hydrogens is 581 g/mol. The number of amides is 3. The van der Waals surface area contributed by atoms with Crippen molar-refractivity contribution in [2.45, 2.75) is 110 Å². The molecule has 10 nitrogen and oxygen atoms in total. The highest BCUT2D eigenvalue weighted by Gasteiger charge is 2.68. The number of hydrogen-bond donors (Lipinski definition) is 3. The lowest BCUT2D eigenvalue weighted by molar-refractivity contribution is -0.199. The first-order valence-electron chi connectivity index (χ1n) is 16.8. The van der Waals surface area contributed by atoms with E-state index in [1.54, 1.807) is 0 Å². The summed E-state index contributed by atoms with van der Waals surface area (Å²) < 4.78 is 13.3. The van der Waals surface area contributed by atoms with E-state index in [1.165, 1.54) is 18.6 Å². The van der Waals surface area contributed by atoms with E-state index in [2.05, 4.69) is 60.5 Å². The lowest BCUT2D eigenvalue weighted by atomic mass is 9.43. The Hall–Kier alpha value is -3.31. The standard InChI is InChI=1S/C35H50BN5O5/c1-21(2)15-25(39-31(42)26(17-23-11-9-8-10-12-23)40-33(44)27-20-37-13-14-38-27)32(43)41-30(16-22(3)4)36-45-29-19-24-18-28(34(24,5)6)35(29,7)46-36/h8-14,20-22,24-26,28-30H,15-19H2,1-7H3,(H,39,42)(H,40,44)(H,41,43)/t24-,25-,26-,28-,29-,30-,35+/m0/s1. The fourth-order valence-corrected chi connectivity index (χ4v) is 7.78. The molecule has 0 spiro atoms. The SMILES string of the molecule is CC(C)C[C@H](NC(=O)[C@H](CC(C)C)NC(=O)[C@H](Cc1ccccc1)NC(=O)c1cnccn1)B1O[C@H]2C[C@@H]3C[C@@H](C3(C)C)[C@@]2(C)O1. The van der Waals surface area contributed by atoms with Gasteiger partial charge in [-0.2, -0.15) is 0 Å². The zero-order valence-electron chi connectivity index (χ0n) is 28.3. The van der Waals surface area contributed by atoms with Gasteiger partial charge < -0.3 is 25.3 Å². The third kappa shape index (κ3) is 7.30. The number of nitrogens with one attached hydrogen (secondary N) is 3. The van der Waals surface area contributed by atoms with Gasteiger partial charge in [-0.05, 0) is 67.3 Å². The molecule has 1 aliphatic heterocycles. The molecule has 3 saturated carbocycles. The van der Waals surface area contributed by atoms with E-state index in [-0.39, 0.29) is 52.9 Å². The van der Waals surface area contributed by atoms with Crippen LogP contribution >= 0.6 is 0 Å². The Bertz CT molecular complexity index is 1380. The van der Waals surface area contributed by atoms with Crippen LogP contribution in [0.25, 0.3) is 0 Å². The van der Waals surface area contributed by atoms with Crippen LogP contribution in [0.2, 0.25) is 0 Å². The molecule has 3 N–H and O–H groups in total. The van der Waals surface area contributed by atoms with Crippen molar-refractivity contribution in [1.29, 1.82) is 0 Å². The number of hydrogen-bond acceptors (Lipinski definition) is 7. The number of aromatic nitrogens is 2. The third-order valence-corrected chi connectivity index (χ3v) is 10.4. The van der Waals surface area contributed by atoms with Crippen molar-refractivity contribution >= 4 is 24.8 Å². The summed E-state index contributed by atoms with van der Waals surface area (Å²) in [5.41, 5.74) is 0.801. The minimum Gasteiger partial charge on any atom is -0.404 e. The summed E-state index contributed by atoms with van der Waals surface area (Å²) >= 11 is 0. The second kappa shape index (κ2) is 13.8. The van der Waals surface area contributed by atoms with E-state index in [0.29, 0.717) is 24.7 Å². The molecule has 7 atom stereocenters. The van der Waals surface area contributed by atoms with Gasteiger partial charge >= 0.3 is 7.12 Å². The number of rotatable bonds is 13. The van der Waals surface area contributed by atoms with Crippen LogP contribution in [0.15, 0.2) is 48.9 Å². The average Bonchev–Trinajstić information content (AvgIpc) is 3.37. The molecule has 248 valence electrons. The summed E-state index contributed by atoms with van der Waals surface area (Å²) in [6.07, 6.45) is 7.71. The number of carbonyl (C=O) groups is 3. The van der Waals surface area contributed by atoms with Gasteiger partial charge in [-0.1, -0.05) is 71.9 Å². The maximum Gasteiger partial charge on any atom is 0.481 e. The molecule has 1 aromatic heterocycles. The number of carbonyl (C=O) groups excluding carboxylic acids is 3. The Balaban J connectivity index is 1.31. The van der Waals surface area contributed by atoms with E-state index >= 15 is 0 Å². The largest absolute Gasteiger partial charge is 0.481 e. The smallest absolute Gasteiger partial charge is 0.404 e. The van der Waals surface area contributed by atoms with E-state index in [4.69, 9.17) is 9.31 Å². The normalized spacial score (nSPS) is 26.5. The van der Waals surface area contributed by atoms with Crippen LogP contribution in [0.4, 0.5) is 0 Å². The van der Waals surface area contributed by atoms with Crippen LogP contribution in [0.1, 0.15) is 90.2 Å². The van der Waals surface area contributed by atoms with Crippen LogP contribution in [-0.2, 0) is 25.3 Å². The van der Waals surface area contributed by atoms with Crippen molar-refractivity contribution in [2.24, 2.45) is 29.1 Å². The molecule has 3 aliphatic carbocycles. The van der Waals surface area contributed by atoms with Crippen LogP contribution in [0.5, 0.6) is 0 Å². The van der Waals surface area contributed by atoms with Gasteiger partial charge in [0.15, 0.2) is 0 Å². The Labute approximate surface area is 273 Å². The highest BCUT2D eigenvalue weighted by molar-refractivity contribution is 6.48. The lowest BCUT2D eigenvalue weighted by Gasteiger charge is -2.64. The first-order valence-corrected chi connectivity index (χ1v) is 16.8. The highest BCUT2D eigenvalue weighted by Crippen LogP contribution is 2.65. The van der Waals surface area contributed by atoms with Crippen molar-refractivity contribution in [3.8, 4) is 0 Å². The summed E-state index contributed by atoms with van der Waals surface area (Å²) in [5.74, 6) is -0.190. The second-order valence-electron chi connectivity index (χ2n) is 15.1. The summed E-state index contributed by atoms with van der Waals surface area (Å²) in [7, 11) is -0.566. The molecule has 4 fully saturated rings. The summed E-state index contributed by atoms with van der Waals surface area (Å²) in [5, 5.41) is 9.01. The van der Waals surface area contributed by atoms with E-state index in [1.807, 2.05) is 44.2 Å². The van der Waals surface area contributed by atoms with Crippen LogP contribution in [-0.4, -0.2) is 64.5 Å². The van der Waals surface area contributed by atoms with Crippen molar-refractivity contribution in [3.63, 3.8) is 0 Å². The first kappa shape index (κ1) is 34.0. The fourth-order valence-electron chi connectivity index (χ4n) is 7.78. The minimum atomic E-state index is -0.940. The zero-order chi connectivity index (χ0) is 33.2. The molecule has 6 rings (SSSR count).